The average Bonchev–Trinajstić information content (AvgIpc) is 2.52. The van der Waals surface area contributed by atoms with Crippen molar-refractivity contribution < 1.29 is 4.79 Å². The van der Waals surface area contributed by atoms with Gasteiger partial charge in [0.25, 0.3) is 5.91 Å². The molecular weight excluding hydrogens is 290 g/mol. The second-order valence-electron chi connectivity index (χ2n) is 5.44. The number of carbonyl (C=O) groups is 1. The number of fused-ring (bicyclic) bond motifs is 1. The Kier molecular flexibility index (Phi) is 3.65. The van der Waals surface area contributed by atoms with Gasteiger partial charge >= 0.3 is 0 Å². The molecule has 0 unspecified atom stereocenters. The smallest absolute Gasteiger partial charge is 0.261 e. The first-order chi connectivity index (χ1) is 11.0. The second-order valence-corrected chi connectivity index (χ2v) is 5.44. The molecule has 3 N–H and O–H groups in total. The maximum absolute atomic E-state index is 12.5. The molecule has 3 aromatic rings. The van der Waals surface area contributed by atoms with Crippen LogP contribution in [0.15, 0.2) is 30.6 Å². The van der Waals surface area contributed by atoms with Crippen LogP contribution < -0.4 is 11.1 Å². The van der Waals surface area contributed by atoms with E-state index in [2.05, 4.69) is 20.3 Å². The molecule has 0 aliphatic carbocycles. The van der Waals surface area contributed by atoms with Crippen molar-refractivity contribution in [2.75, 3.05) is 11.1 Å². The third-order valence-electron chi connectivity index (χ3n) is 3.84. The van der Waals surface area contributed by atoms with E-state index in [0.717, 1.165) is 22.0 Å². The van der Waals surface area contributed by atoms with Crippen molar-refractivity contribution in [1.29, 1.82) is 0 Å². The van der Waals surface area contributed by atoms with Crippen LogP contribution in [0, 0.1) is 20.8 Å². The highest BCUT2D eigenvalue weighted by atomic mass is 16.1. The first kappa shape index (κ1) is 14.9. The maximum Gasteiger partial charge on any atom is 0.261 e. The summed E-state index contributed by atoms with van der Waals surface area (Å²) in [5.74, 6) is 0.358. The van der Waals surface area contributed by atoms with Crippen LogP contribution in [0.1, 0.15) is 27.3 Å². The van der Waals surface area contributed by atoms with Crippen molar-refractivity contribution in [2.45, 2.75) is 20.8 Å². The highest BCUT2D eigenvalue weighted by Gasteiger charge is 2.15. The molecular formula is C17H17N5O. The van der Waals surface area contributed by atoms with Crippen molar-refractivity contribution in [1.82, 2.24) is 15.0 Å². The number of pyridine rings is 1. The third kappa shape index (κ3) is 2.70. The number of rotatable bonds is 2. The topological polar surface area (TPSA) is 93.8 Å². The Morgan fingerprint density at radius 1 is 1.22 bits per heavy atom. The zero-order chi connectivity index (χ0) is 16.6. The van der Waals surface area contributed by atoms with Crippen molar-refractivity contribution in [2.24, 2.45) is 0 Å². The number of anilines is 2. The quantitative estimate of drug-likeness (QED) is 0.759. The van der Waals surface area contributed by atoms with Crippen molar-refractivity contribution >= 4 is 28.3 Å². The summed E-state index contributed by atoms with van der Waals surface area (Å²) < 4.78 is 0. The lowest BCUT2D eigenvalue weighted by Crippen LogP contribution is -2.16. The molecule has 0 aliphatic heterocycles. The van der Waals surface area contributed by atoms with E-state index in [0.29, 0.717) is 11.5 Å². The van der Waals surface area contributed by atoms with Crippen LogP contribution in [0.5, 0.6) is 0 Å². The summed E-state index contributed by atoms with van der Waals surface area (Å²) in [6.07, 6.45) is 3.18. The van der Waals surface area contributed by atoms with Crippen LogP contribution in [0.3, 0.4) is 0 Å². The number of aromatic nitrogens is 3. The molecule has 116 valence electrons. The van der Waals surface area contributed by atoms with Crippen LogP contribution in [0.4, 0.5) is 11.5 Å². The highest BCUT2D eigenvalue weighted by molar-refractivity contribution is 6.11. The Morgan fingerprint density at radius 3 is 2.74 bits per heavy atom. The first-order valence-corrected chi connectivity index (χ1v) is 7.22. The summed E-state index contributed by atoms with van der Waals surface area (Å²) in [6, 6.07) is 5.71. The number of nitrogens with zero attached hydrogens (tertiary/aromatic N) is 3. The largest absolute Gasteiger partial charge is 0.383 e. The number of nitrogens with one attached hydrogen (secondary N) is 1. The predicted octanol–water partition coefficient (Wildman–Crippen LogP) is 2.78. The lowest BCUT2D eigenvalue weighted by atomic mass is 10.0. The van der Waals surface area contributed by atoms with Gasteiger partial charge in [-0.2, -0.15) is 0 Å². The molecule has 6 nitrogen and oxygen atoms in total. The summed E-state index contributed by atoms with van der Waals surface area (Å²) in [5, 5.41) is 3.78. The average molecular weight is 307 g/mol. The number of carbonyl (C=O) groups excluding carboxylic acids is 1. The normalized spacial score (nSPS) is 10.7. The monoisotopic (exact) mass is 307 g/mol. The molecule has 6 heteroatoms. The molecule has 1 aromatic carbocycles. The fourth-order valence-electron chi connectivity index (χ4n) is 2.47. The van der Waals surface area contributed by atoms with E-state index in [9.17, 15) is 4.79 Å². The van der Waals surface area contributed by atoms with Gasteiger partial charge in [-0.15, -0.1) is 0 Å². The van der Waals surface area contributed by atoms with Gasteiger partial charge in [-0.25, -0.2) is 9.97 Å². The SMILES string of the molecule is Cc1ncc(C(=O)Nc2cc(C)c(C)c3ncccc23)c(N)n1. The van der Waals surface area contributed by atoms with Gasteiger partial charge in [0.05, 0.1) is 11.2 Å². The van der Waals surface area contributed by atoms with Crippen LogP contribution in [-0.2, 0) is 0 Å². The standard InChI is InChI=1S/C17H17N5O/c1-9-7-14(12-5-4-6-19-15(12)10(9)2)22-17(23)13-8-20-11(3)21-16(13)18/h4-8H,1-3H3,(H,22,23)(H2,18,20,21). The van der Waals surface area contributed by atoms with Crippen molar-refractivity contribution in [3.63, 3.8) is 0 Å². The Hall–Kier alpha value is -3.02. The van der Waals surface area contributed by atoms with Gasteiger partial charge in [-0.1, -0.05) is 0 Å². The number of hydrogen-bond donors (Lipinski definition) is 2. The fourth-order valence-corrected chi connectivity index (χ4v) is 2.47. The Bertz CT molecular complexity index is 920. The van der Waals surface area contributed by atoms with Gasteiger partial charge in [0.15, 0.2) is 0 Å². The van der Waals surface area contributed by atoms with E-state index < -0.39 is 0 Å². The van der Waals surface area contributed by atoms with E-state index >= 15 is 0 Å². The molecule has 0 bridgehead atoms. The van der Waals surface area contributed by atoms with E-state index in [-0.39, 0.29) is 17.3 Å². The molecule has 0 aliphatic rings. The molecule has 0 spiro atoms. The third-order valence-corrected chi connectivity index (χ3v) is 3.84. The number of amides is 1. The minimum Gasteiger partial charge on any atom is -0.383 e. The lowest BCUT2D eigenvalue weighted by Gasteiger charge is -2.13. The molecule has 0 radical (unpaired) electrons. The molecule has 23 heavy (non-hydrogen) atoms. The minimum atomic E-state index is -0.337. The van der Waals surface area contributed by atoms with Crippen LogP contribution >= 0.6 is 0 Å². The number of nitrogens with two attached hydrogens (primary N) is 1. The number of hydrogen-bond acceptors (Lipinski definition) is 5. The summed E-state index contributed by atoms with van der Waals surface area (Å²) in [4.78, 5) is 25.0. The van der Waals surface area contributed by atoms with Crippen molar-refractivity contribution in [3.05, 3.63) is 53.1 Å². The zero-order valence-corrected chi connectivity index (χ0v) is 13.2. The Morgan fingerprint density at radius 2 is 2.00 bits per heavy atom. The molecule has 0 saturated carbocycles. The van der Waals surface area contributed by atoms with Crippen molar-refractivity contribution in [3.8, 4) is 0 Å². The molecule has 1 amide bonds. The van der Waals surface area contributed by atoms with Gasteiger partial charge in [0, 0.05) is 17.8 Å². The Balaban J connectivity index is 2.05. The highest BCUT2D eigenvalue weighted by Crippen LogP contribution is 2.28. The van der Waals surface area contributed by atoms with Crippen LogP contribution in [0.25, 0.3) is 10.9 Å². The first-order valence-electron chi connectivity index (χ1n) is 7.22. The minimum absolute atomic E-state index is 0.168. The summed E-state index contributed by atoms with van der Waals surface area (Å²) >= 11 is 0. The van der Waals surface area contributed by atoms with Gasteiger partial charge in [-0.3, -0.25) is 9.78 Å². The second kappa shape index (κ2) is 5.64. The summed E-state index contributed by atoms with van der Waals surface area (Å²) in [6.45, 7) is 5.73. The van der Waals surface area contributed by atoms with Gasteiger partial charge < -0.3 is 11.1 Å². The van der Waals surface area contributed by atoms with Crippen LogP contribution in [0.2, 0.25) is 0 Å². The van der Waals surface area contributed by atoms with E-state index in [1.54, 1.807) is 13.1 Å². The summed E-state index contributed by atoms with van der Waals surface area (Å²) in [5.41, 5.74) is 9.79. The van der Waals surface area contributed by atoms with E-state index in [4.69, 9.17) is 5.73 Å². The summed E-state index contributed by atoms with van der Waals surface area (Å²) in [7, 11) is 0. The fraction of sp³-hybridized carbons (Fsp3) is 0.176. The number of aryl methyl sites for hydroxylation is 3. The van der Waals surface area contributed by atoms with E-state index in [1.165, 1.54) is 6.20 Å². The molecule has 0 fully saturated rings. The maximum atomic E-state index is 12.5. The number of nitrogen functional groups attached to an aromatic ring is 1. The van der Waals surface area contributed by atoms with E-state index in [1.807, 2.05) is 32.0 Å². The molecule has 2 heterocycles. The molecule has 0 saturated heterocycles. The molecule has 2 aromatic heterocycles. The van der Waals surface area contributed by atoms with Gasteiger partial charge in [0.2, 0.25) is 0 Å². The van der Waals surface area contributed by atoms with Gasteiger partial charge in [-0.05, 0) is 50.1 Å². The van der Waals surface area contributed by atoms with Gasteiger partial charge in [0.1, 0.15) is 17.2 Å². The number of benzene rings is 1. The Labute approximate surface area is 133 Å². The predicted molar refractivity (Wildman–Crippen MR) is 90.4 cm³/mol. The zero-order valence-electron chi connectivity index (χ0n) is 13.2. The molecule has 3 rings (SSSR count). The lowest BCUT2D eigenvalue weighted by molar-refractivity contribution is 0.102. The van der Waals surface area contributed by atoms with Crippen LogP contribution in [-0.4, -0.2) is 20.9 Å². The molecule has 0 atom stereocenters.